The van der Waals surface area contributed by atoms with Crippen LogP contribution in [0.4, 0.5) is 5.69 Å². The summed E-state index contributed by atoms with van der Waals surface area (Å²) in [5, 5.41) is 22.3. The normalized spacial score (nSPS) is 13.2. The number of hydrogen-bond donors (Lipinski definition) is 1. The van der Waals surface area contributed by atoms with Gasteiger partial charge in [0.2, 0.25) is 0 Å². The lowest BCUT2D eigenvalue weighted by Crippen LogP contribution is -2.44. The van der Waals surface area contributed by atoms with Crippen molar-refractivity contribution in [3.8, 4) is 6.07 Å². The number of amides is 1. The van der Waals surface area contributed by atoms with E-state index in [1.165, 1.54) is 6.07 Å². The van der Waals surface area contributed by atoms with Crippen molar-refractivity contribution >= 4 is 23.2 Å². The highest BCUT2D eigenvalue weighted by Crippen LogP contribution is 2.21. The molecule has 1 amide bonds. The first-order chi connectivity index (χ1) is 8.81. The molecule has 0 aliphatic heterocycles. The summed E-state index contributed by atoms with van der Waals surface area (Å²) >= 11 is 5.73. The van der Waals surface area contributed by atoms with Crippen LogP contribution in [0.1, 0.15) is 30.6 Å². The van der Waals surface area contributed by atoms with E-state index in [-0.39, 0.29) is 16.3 Å². The Morgan fingerprint density at radius 2 is 2.21 bits per heavy atom. The van der Waals surface area contributed by atoms with Crippen LogP contribution in [0.2, 0.25) is 5.02 Å². The average molecular weight is 282 g/mol. The maximum Gasteiger partial charge on any atom is 0.271 e. The number of nitrogens with zero attached hydrogens (tertiary/aromatic N) is 2. The van der Waals surface area contributed by atoms with Gasteiger partial charge in [0.25, 0.3) is 11.6 Å². The third-order valence-electron chi connectivity index (χ3n) is 2.70. The fourth-order valence-electron chi connectivity index (χ4n) is 1.33. The predicted molar refractivity (Wildman–Crippen MR) is 69.9 cm³/mol. The molecule has 7 heteroatoms. The van der Waals surface area contributed by atoms with E-state index in [0.29, 0.717) is 6.42 Å². The molecule has 0 heterocycles. The Bertz CT molecular complexity index is 568. The van der Waals surface area contributed by atoms with E-state index in [4.69, 9.17) is 16.9 Å². The minimum atomic E-state index is -1.02. The van der Waals surface area contributed by atoms with Crippen LogP contribution in [0.3, 0.4) is 0 Å². The number of carbonyl (C=O) groups is 1. The van der Waals surface area contributed by atoms with E-state index in [1.54, 1.807) is 13.8 Å². The first kappa shape index (κ1) is 14.9. The second-order valence-corrected chi connectivity index (χ2v) is 4.64. The van der Waals surface area contributed by atoms with Crippen molar-refractivity contribution in [2.24, 2.45) is 0 Å². The molecule has 0 saturated heterocycles. The zero-order valence-corrected chi connectivity index (χ0v) is 11.2. The van der Waals surface area contributed by atoms with Crippen LogP contribution >= 0.6 is 11.6 Å². The predicted octanol–water partition coefficient (Wildman–Crippen LogP) is 2.67. The Labute approximate surface area is 115 Å². The van der Waals surface area contributed by atoms with E-state index in [2.05, 4.69) is 5.32 Å². The molecule has 1 unspecified atom stereocenters. The summed E-state index contributed by atoms with van der Waals surface area (Å²) in [4.78, 5) is 22.0. The second-order valence-electron chi connectivity index (χ2n) is 4.21. The summed E-state index contributed by atoms with van der Waals surface area (Å²) in [6.07, 6.45) is 0.415. The summed E-state index contributed by atoms with van der Waals surface area (Å²) in [5.41, 5.74) is -1.24. The summed E-state index contributed by atoms with van der Waals surface area (Å²) in [6.45, 7) is 3.33. The topological polar surface area (TPSA) is 96.0 Å². The lowest BCUT2D eigenvalue weighted by atomic mass is 10.0. The summed E-state index contributed by atoms with van der Waals surface area (Å²) in [6, 6.07) is 5.57. The van der Waals surface area contributed by atoms with Crippen molar-refractivity contribution in [2.75, 3.05) is 0 Å². The van der Waals surface area contributed by atoms with Gasteiger partial charge in [-0.1, -0.05) is 18.5 Å². The molecule has 0 saturated carbocycles. The third kappa shape index (κ3) is 3.66. The first-order valence-corrected chi connectivity index (χ1v) is 5.88. The van der Waals surface area contributed by atoms with Crippen molar-refractivity contribution in [1.82, 2.24) is 5.32 Å². The van der Waals surface area contributed by atoms with E-state index >= 15 is 0 Å². The molecule has 1 aromatic rings. The molecule has 0 aliphatic carbocycles. The van der Waals surface area contributed by atoms with Crippen molar-refractivity contribution in [3.63, 3.8) is 0 Å². The smallest absolute Gasteiger partial charge is 0.271 e. The molecule has 1 rings (SSSR count). The van der Waals surface area contributed by atoms with Gasteiger partial charge in [0.1, 0.15) is 5.54 Å². The Kier molecular flexibility index (Phi) is 4.46. The van der Waals surface area contributed by atoms with Gasteiger partial charge in [-0.05, 0) is 19.4 Å². The minimum absolute atomic E-state index is 0.0501. The molecule has 19 heavy (non-hydrogen) atoms. The minimum Gasteiger partial charge on any atom is -0.334 e. The Morgan fingerprint density at radius 3 is 2.68 bits per heavy atom. The summed E-state index contributed by atoms with van der Waals surface area (Å²) < 4.78 is 0. The molecule has 100 valence electrons. The summed E-state index contributed by atoms with van der Waals surface area (Å²) in [7, 11) is 0. The van der Waals surface area contributed by atoms with Gasteiger partial charge in [-0.15, -0.1) is 0 Å². The molecule has 0 fully saturated rings. The van der Waals surface area contributed by atoms with Crippen molar-refractivity contribution in [2.45, 2.75) is 25.8 Å². The number of rotatable bonds is 4. The van der Waals surface area contributed by atoms with Crippen LogP contribution in [0.25, 0.3) is 0 Å². The average Bonchev–Trinajstić information content (AvgIpc) is 2.37. The fourth-order valence-corrected chi connectivity index (χ4v) is 1.56. The van der Waals surface area contributed by atoms with Gasteiger partial charge in [-0.3, -0.25) is 14.9 Å². The number of nitro groups is 1. The highest BCUT2D eigenvalue weighted by atomic mass is 35.5. The highest BCUT2D eigenvalue weighted by Gasteiger charge is 2.25. The van der Waals surface area contributed by atoms with Gasteiger partial charge < -0.3 is 5.32 Å². The van der Waals surface area contributed by atoms with Crippen LogP contribution in [0.15, 0.2) is 18.2 Å². The van der Waals surface area contributed by atoms with Crippen LogP contribution in [-0.4, -0.2) is 16.4 Å². The zero-order valence-electron chi connectivity index (χ0n) is 10.4. The maximum atomic E-state index is 12.0. The Hall–Kier alpha value is -2.13. The highest BCUT2D eigenvalue weighted by molar-refractivity contribution is 6.31. The third-order valence-corrected chi connectivity index (χ3v) is 2.92. The molecule has 1 aromatic carbocycles. The van der Waals surface area contributed by atoms with Crippen molar-refractivity contribution < 1.29 is 9.72 Å². The van der Waals surface area contributed by atoms with Gasteiger partial charge in [0, 0.05) is 22.7 Å². The molecule has 0 aliphatic rings. The molecule has 1 atom stereocenters. The van der Waals surface area contributed by atoms with E-state index < -0.39 is 16.4 Å². The van der Waals surface area contributed by atoms with Gasteiger partial charge in [-0.2, -0.15) is 5.26 Å². The lowest BCUT2D eigenvalue weighted by Gasteiger charge is -2.21. The zero-order chi connectivity index (χ0) is 14.6. The molecule has 0 radical (unpaired) electrons. The maximum absolute atomic E-state index is 12.0. The summed E-state index contributed by atoms with van der Waals surface area (Å²) in [5.74, 6) is -0.573. The van der Waals surface area contributed by atoms with E-state index in [9.17, 15) is 14.9 Å². The number of hydrogen-bond acceptors (Lipinski definition) is 4. The van der Waals surface area contributed by atoms with E-state index in [0.717, 1.165) is 12.1 Å². The number of nitro benzene ring substituents is 1. The Balaban J connectivity index is 3.08. The molecule has 1 N–H and O–H groups in total. The molecule has 6 nitrogen and oxygen atoms in total. The number of nitriles is 1. The van der Waals surface area contributed by atoms with Crippen LogP contribution in [-0.2, 0) is 0 Å². The number of halogens is 1. The molecule has 0 bridgehead atoms. The Morgan fingerprint density at radius 1 is 1.58 bits per heavy atom. The monoisotopic (exact) mass is 281 g/mol. The van der Waals surface area contributed by atoms with Crippen LogP contribution in [0.5, 0.6) is 0 Å². The molecule has 0 spiro atoms. The van der Waals surface area contributed by atoms with Crippen molar-refractivity contribution in [3.05, 3.63) is 38.9 Å². The first-order valence-electron chi connectivity index (χ1n) is 5.50. The van der Waals surface area contributed by atoms with Gasteiger partial charge >= 0.3 is 0 Å². The number of non-ortho nitro benzene ring substituents is 1. The lowest BCUT2D eigenvalue weighted by molar-refractivity contribution is -0.384. The molecular weight excluding hydrogens is 270 g/mol. The van der Waals surface area contributed by atoms with Gasteiger partial charge in [0.15, 0.2) is 0 Å². The second kappa shape index (κ2) is 5.67. The van der Waals surface area contributed by atoms with Gasteiger partial charge in [0.05, 0.1) is 11.0 Å². The van der Waals surface area contributed by atoms with E-state index in [1.807, 2.05) is 6.07 Å². The quantitative estimate of drug-likeness (QED) is 0.678. The van der Waals surface area contributed by atoms with Crippen LogP contribution < -0.4 is 5.32 Å². The number of carbonyl (C=O) groups excluding carboxylic acids is 1. The van der Waals surface area contributed by atoms with Crippen molar-refractivity contribution in [1.29, 1.82) is 5.26 Å². The van der Waals surface area contributed by atoms with Crippen LogP contribution in [0, 0.1) is 21.4 Å². The number of nitrogens with one attached hydrogen (secondary N) is 1. The molecular formula is C12H12ClN3O3. The standard InChI is InChI=1S/C12H12ClN3O3/c1-3-12(2,7-14)15-11(17)8-4-9(13)6-10(5-8)16(18)19/h4-6H,3H2,1-2H3,(H,15,17). The number of benzene rings is 1. The molecule has 0 aromatic heterocycles. The fraction of sp³-hybridized carbons (Fsp3) is 0.333. The van der Waals surface area contributed by atoms with Gasteiger partial charge in [-0.25, -0.2) is 0 Å². The SMILES string of the molecule is CCC(C)(C#N)NC(=O)c1cc(Cl)cc([N+](=O)[O-])c1. The largest absolute Gasteiger partial charge is 0.334 e.